The minimum atomic E-state index is -0.960. The molecule has 0 saturated carbocycles. The van der Waals surface area contributed by atoms with Gasteiger partial charge in [-0.2, -0.15) is 0 Å². The molecule has 5 N–H and O–H groups in total. The maximum absolute atomic E-state index is 9.19. The third kappa shape index (κ3) is 0.771. The van der Waals surface area contributed by atoms with E-state index in [1.165, 1.54) is 0 Å². The Morgan fingerprint density at radius 1 is 0.636 bits per heavy atom. The number of aliphatic hydroxyl groups is 4. The molecule has 5 heteroatoms. The third-order valence-corrected chi connectivity index (χ3v) is 2.56. The van der Waals surface area contributed by atoms with Crippen molar-refractivity contribution in [2.45, 2.75) is 36.5 Å². The molecule has 0 aliphatic carbocycles. The second-order valence-electron chi connectivity index (χ2n) is 3.18. The normalized spacial score (nSPS) is 62.2. The summed E-state index contributed by atoms with van der Waals surface area (Å²) in [5.41, 5.74) is 0. The van der Waals surface area contributed by atoms with E-state index in [9.17, 15) is 20.4 Å². The van der Waals surface area contributed by atoms with Gasteiger partial charge in [-0.1, -0.05) is 0 Å². The Balaban J connectivity index is 2.21. The van der Waals surface area contributed by atoms with E-state index in [1.807, 2.05) is 0 Å². The summed E-state index contributed by atoms with van der Waals surface area (Å²) in [7, 11) is 0. The van der Waals surface area contributed by atoms with Crippen molar-refractivity contribution in [3.05, 3.63) is 0 Å². The van der Waals surface area contributed by atoms with Gasteiger partial charge in [0.05, 0.1) is 36.5 Å². The van der Waals surface area contributed by atoms with Crippen molar-refractivity contribution < 1.29 is 20.4 Å². The SMILES string of the molecule is OC1C(O)C2NC1C(O)C2O. The maximum Gasteiger partial charge on any atom is 0.0994 e. The highest BCUT2D eigenvalue weighted by Crippen LogP contribution is 2.29. The molecule has 0 aromatic carbocycles. The Kier molecular flexibility index (Phi) is 1.45. The summed E-state index contributed by atoms with van der Waals surface area (Å²) in [6, 6.07) is -1.16. The number of nitrogens with one attached hydrogen (secondary N) is 1. The fraction of sp³-hybridized carbons (Fsp3) is 1.00. The molecule has 2 fully saturated rings. The first-order chi connectivity index (χ1) is 5.13. The molecule has 2 heterocycles. The minimum Gasteiger partial charge on any atom is -0.389 e. The summed E-state index contributed by atoms with van der Waals surface area (Å²) >= 11 is 0. The Morgan fingerprint density at radius 2 is 0.909 bits per heavy atom. The van der Waals surface area contributed by atoms with E-state index in [-0.39, 0.29) is 0 Å². The molecule has 5 nitrogen and oxygen atoms in total. The third-order valence-electron chi connectivity index (χ3n) is 2.56. The van der Waals surface area contributed by atoms with Crippen molar-refractivity contribution in [2.75, 3.05) is 0 Å². The van der Waals surface area contributed by atoms with Crippen LogP contribution in [0.15, 0.2) is 0 Å². The van der Waals surface area contributed by atoms with Crippen LogP contribution in [0.4, 0.5) is 0 Å². The van der Waals surface area contributed by atoms with Crippen molar-refractivity contribution in [2.24, 2.45) is 0 Å². The molecule has 64 valence electrons. The molecule has 11 heavy (non-hydrogen) atoms. The second kappa shape index (κ2) is 2.15. The van der Waals surface area contributed by atoms with Crippen LogP contribution < -0.4 is 5.32 Å². The van der Waals surface area contributed by atoms with Gasteiger partial charge >= 0.3 is 0 Å². The Bertz CT molecular complexity index is 142. The van der Waals surface area contributed by atoms with Crippen molar-refractivity contribution in [1.29, 1.82) is 0 Å². The van der Waals surface area contributed by atoms with Gasteiger partial charge in [0.15, 0.2) is 0 Å². The average molecular weight is 161 g/mol. The van der Waals surface area contributed by atoms with Crippen molar-refractivity contribution in [3.8, 4) is 0 Å². The van der Waals surface area contributed by atoms with Crippen LogP contribution in [0, 0.1) is 0 Å². The molecule has 4 atom stereocenters. The van der Waals surface area contributed by atoms with Crippen LogP contribution in [-0.2, 0) is 0 Å². The zero-order valence-electron chi connectivity index (χ0n) is 5.75. The quantitative estimate of drug-likeness (QED) is 0.258. The van der Waals surface area contributed by atoms with Crippen molar-refractivity contribution in [1.82, 2.24) is 5.32 Å². The van der Waals surface area contributed by atoms with E-state index < -0.39 is 36.5 Å². The number of hydrogen-bond donors (Lipinski definition) is 5. The van der Waals surface area contributed by atoms with Gasteiger partial charge in [-0.15, -0.1) is 0 Å². The lowest BCUT2D eigenvalue weighted by Gasteiger charge is -2.28. The second-order valence-corrected chi connectivity index (χ2v) is 3.18. The molecule has 2 rings (SSSR count). The lowest BCUT2D eigenvalue weighted by molar-refractivity contribution is -0.0819. The van der Waals surface area contributed by atoms with Crippen LogP contribution >= 0.6 is 0 Å². The Labute approximate surface area is 63.3 Å². The van der Waals surface area contributed by atoms with Crippen LogP contribution in [-0.4, -0.2) is 56.9 Å². The van der Waals surface area contributed by atoms with Crippen molar-refractivity contribution >= 4 is 0 Å². The zero-order valence-corrected chi connectivity index (χ0v) is 5.75. The van der Waals surface area contributed by atoms with Crippen LogP contribution in [0.1, 0.15) is 0 Å². The van der Waals surface area contributed by atoms with Gasteiger partial charge in [-0.25, -0.2) is 0 Å². The standard InChI is InChI=1S/C6H11NO4/c8-3-1-4(9)6(11)2(7-1)5(3)10/h1-11H. The molecular formula is C6H11NO4. The molecule has 2 saturated heterocycles. The molecule has 0 radical (unpaired) electrons. The molecular weight excluding hydrogens is 150 g/mol. The molecule has 0 aromatic rings. The summed E-state index contributed by atoms with van der Waals surface area (Å²) in [4.78, 5) is 0. The molecule has 2 aliphatic heterocycles. The van der Waals surface area contributed by atoms with Crippen molar-refractivity contribution in [3.63, 3.8) is 0 Å². The van der Waals surface area contributed by atoms with Crippen LogP contribution in [0.5, 0.6) is 0 Å². The minimum absolute atomic E-state index is 0.579. The topological polar surface area (TPSA) is 93.0 Å². The summed E-state index contributed by atoms with van der Waals surface area (Å²) in [6.45, 7) is 0. The van der Waals surface area contributed by atoms with E-state index in [2.05, 4.69) is 5.32 Å². The van der Waals surface area contributed by atoms with Gasteiger partial charge in [0.25, 0.3) is 0 Å². The fourth-order valence-electron chi connectivity index (χ4n) is 1.87. The van der Waals surface area contributed by atoms with Gasteiger partial charge in [0, 0.05) is 0 Å². The van der Waals surface area contributed by atoms with E-state index >= 15 is 0 Å². The first kappa shape index (κ1) is 7.45. The number of aliphatic hydroxyl groups excluding tert-OH is 4. The highest BCUT2D eigenvalue weighted by Gasteiger charge is 2.56. The van der Waals surface area contributed by atoms with Gasteiger partial charge in [0.1, 0.15) is 0 Å². The van der Waals surface area contributed by atoms with E-state index in [0.717, 1.165) is 0 Å². The van der Waals surface area contributed by atoms with Crippen LogP contribution in [0.3, 0.4) is 0 Å². The average Bonchev–Trinajstić information content (AvgIpc) is 2.40. The molecule has 0 spiro atoms. The Hall–Kier alpha value is -0.200. The largest absolute Gasteiger partial charge is 0.389 e. The molecule has 4 unspecified atom stereocenters. The highest BCUT2D eigenvalue weighted by molar-refractivity contribution is 5.13. The highest BCUT2D eigenvalue weighted by atomic mass is 16.4. The van der Waals surface area contributed by atoms with Gasteiger partial charge < -0.3 is 25.7 Å². The maximum atomic E-state index is 9.19. The smallest absolute Gasteiger partial charge is 0.0994 e. The number of hydrogen-bond acceptors (Lipinski definition) is 5. The predicted molar refractivity (Wildman–Crippen MR) is 34.7 cm³/mol. The summed E-state index contributed by atoms with van der Waals surface area (Å²) in [5.74, 6) is 0. The van der Waals surface area contributed by atoms with E-state index in [0.29, 0.717) is 0 Å². The van der Waals surface area contributed by atoms with Gasteiger partial charge in [-0.05, 0) is 0 Å². The predicted octanol–water partition coefficient (Wildman–Crippen LogP) is -3.22. The van der Waals surface area contributed by atoms with Crippen LogP contribution in [0.25, 0.3) is 0 Å². The molecule has 0 amide bonds. The zero-order chi connectivity index (χ0) is 8.17. The molecule has 0 aromatic heterocycles. The van der Waals surface area contributed by atoms with E-state index in [4.69, 9.17) is 0 Å². The van der Waals surface area contributed by atoms with Gasteiger partial charge in [0.2, 0.25) is 0 Å². The van der Waals surface area contributed by atoms with E-state index in [1.54, 1.807) is 0 Å². The number of rotatable bonds is 0. The summed E-state index contributed by atoms with van der Waals surface area (Å²) in [5, 5.41) is 39.5. The fourth-order valence-corrected chi connectivity index (χ4v) is 1.87. The lowest BCUT2D eigenvalue weighted by atomic mass is 9.90. The Morgan fingerprint density at radius 3 is 1.09 bits per heavy atom. The lowest BCUT2D eigenvalue weighted by Crippen LogP contribution is -2.52. The van der Waals surface area contributed by atoms with Gasteiger partial charge in [-0.3, -0.25) is 0 Å². The molecule has 2 aliphatic rings. The summed E-state index contributed by atoms with van der Waals surface area (Å²) in [6.07, 6.45) is -3.84. The monoisotopic (exact) mass is 161 g/mol. The summed E-state index contributed by atoms with van der Waals surface area (Å²) < 4.78 is 0. The first-order valence-corrected chi connectivity index (χ1v) is 3.61. The first-order valence-electron chi connectivity index (χ1n) is 3.61. The molecule has 2 bridgehead atoms. The number of fused-ring (bicyclic) bond motifs is 2. The van der Waals surface area contributed by atoms with Crippen LogP contribution in [0.2, 0.25) is 0 Å².